The second-order valence-corrected chi connectivity index (χ2v) is 6.07. The number of hydrogen-bond donors (Lipinski definition) is 1. The number of halogens is 2. The molecule has 1 aliphatic carbocycles. The van der Waals surface area contributed by atoms with E-state index in [-0.39, 0.29) is 0 Å². The Kier molecular flexibility index (Phi) is 5.35. The third-order valence-corrected chi connectivity index (χ3v) is 4.86. The van der Waals surface area contributed by atoms with Crippen molar-refractivity contribution in [3.63, 3.8) is 0 Å². The first kappa shape index (κ1) is 14.2. The van der Waals surface area contributed by atoms with Crippen LogP contribution in [0.4, 0.5) is 0 Å². The largest absolute Gasteiger partial charge is 0.317 e. The Hall–Kier alpha value is -0.240. The van der Waals surface area contributed by atoms with Gasteiger partial charge in [-0.3, -0.25) is 0 Å². The molecular formula is C15H21Cl2N. The lowest BCUT2D eigenvalue weighted by Gasteiger charge is -2.20. The molecule has 0 heterocycles. The highest BCUT2D eigenvalue weighted by molar-refractivity contribution is 6.42. The van der Waals surface area contributed by atoms with Gasteiger partial charge < -0.3 is 5.32 Å². The highest BCUT2D eigenvalue weighted by atomic mass is 35.5. The van der Waals surface area contributed by atoms with Crippen molar-refractivity contribution in [2.24, 2.45) is 5.92 Å². The Morgan fingerprint density at radius 1 is 1.28 bits per heavy atom. The molecule has 1 N–H and O–H groups in total. The van der Waals surface area contributed by atoms with Gasteiger partial charge in [-0.1, -0.05) is 61.0 Å². The zero-order valence-corrected chi connectivity index (χ0v) is 12.4. The lowest BCUT2D eigenvalue weighted by atomic mass is 9.94. The number of likely N-dealkylation sites (N-methyl/N-ethyl adjacent to an activating group) is 1. The molecule has 1 atom stereocenters. The van der Waals surface area contributed by atoms with Crippen LogP contribution in [0.5, 0.6) is 0 Å². The van der Waals surface area contributed by atoms with E-state index < -0.39 is 0 Å². The summed E-state index contributed by atoms with van der Waals surface area (Å²) in [7, 11) is 2.04. The maximum atomic E-state index is 6.25. The average Bonchev–Trinajstić information content (AvgIpc) is 2.86. The van der Waals surface area contributed by atoms with Crippen LogP contribution < -0.4 is 5.32 Å². The van der Waals surface area contributed by atoms with Crippen LogP contribution >= 0.6 is 23.2 Å². The van der Waals surface area contributed by atoms with E-state index >= 15 is 0 Å². The standard InChI is InChI=1S/C15H21Cl2N/c1-18-13(9-11-5-2-3-6-11)10-12-7-4-8-14(16)15(12)17/h4,7-8,11,13,18H,2-3,5-6,9-10H2,1H3. The van der Waals surface area contributed by atoms with Crippen molar-refractivity contribution in [3.05, 3.63) is 33.8 Å². The third kappa shape index (κ3) is 3.63. The molecule has 1 aliphatic rings. The Balaban J connectivity index is 1.98. The molecule has 0 radical (unpaired) electrons. The van der Waals surface area contributed by atoms with Gasteiger partial charge in [0.05, 0.1) is 10.0 Å². The summed E-state index contributed by atoms with van der Waals surface area (Å²) in [5, 5.41) is 4.79. The summed E-state index contributed by atoms with van der Waals surface area (Å²) in [4.78, 5) is 0. The molecule has 1 aromatic rings. The highest BCUT2D eigenvalue weighted by Crippen LogP contribution is 2.31. The fraction of sp³-hybridized carbons (Fsp3) is 0.600. The molecule has 3 heteroatoms. The summed E-state index contributed by atoms with van der Waals surface area (Å²) in [6, 6.07) is 6.40. The molecular weight excluding hydrogens is 265 g/mol. The molecule has 100 valence electrons. The van der Waals surface area contributed by atoms with Crippen LogP contribution in [0, 0.1) is 5.92 Å². The van der Waals surface area contributed by atoms with E-state index in [1.165, 1.54) is 32.1 Å². The van der Waals surface area contributed by atoms with Crippen molar-refractivity contribution in [2.45, 2.75) is 44.6 Å². The van der Waals surface area contributed by atoms with Crippen LogP contribution in [0.3, 0.4) is 0 Å². The van der Waals surface area contributed by atoms with Crippen LogP contribution in [0.15, 0.2) is 18.2 Å². The molecule has 18 heavy (non-hydrogen) atoms. The molecule has 0 bridgehead atoms. The van der Waals surface area contributed by atoms with E-state index in [0.29, 0.717) is 16.1 Å². The molecule has 0 amide bonds. The Morgan fingerprint density at radius 2 is 2.00 bits per heavy atom. The molecule has 0 aromatic heterocycles. The summed E-state index contributed by atoms with van der Waals surface area (Å²) < 4.78 is 0. The Morgan fingerprint density at radius 3 is 2.67 bits per heavy atom. The zero-order valence-electron chi connectivity index (χ0n) is 10.9. The predicted octanol–water partition coefficient (Wildman–Crippen LogP) is 4.70. The summed E-state index contributed by atoms with van der Waals surface area (Å²) in [5.74, 6) is 0.889. The van der Waals surface area contributed by atoms with Gasteiger partial charge in [-0.2, -0.15) is 0 Å². The molecule has 0 saturated heterocycles. The molecule has 0 aliphatic heterocycles. The topological polar surface area (TPSA) is 12.0 Å². The molecule has 0 spiro atoms. The van der Waals surface area contributed by atoms with Crippen molar-refractivity contribution in [1.29, 1.82) is 0 Å². The van der Waals surface area contributed by atoms with Gasteiger partial charge in [-0.05, 0) is 37.4 Å². The molecule has 1 unspecified atom stereocenters. The van der Waals surface area contributed by atoms with Gasteiger partial charge >= 0.3 is 0 Å². The minimum atomic E-state index is 0.504. The number of rotatable bonds is 5. The second kappa shape index (κ2) is 6.79. The zero-order chi connectivity index (χ0) is 13.0. The fourth-order valence-corrected chi connectivity index (χ4v) is 3.32. The van der Waals surface area contributed by atoms with Crippen molar-refractivity contribution < 1.29 is 0 Å². The Labute approximate surface area is 120 Å². The number of hydrogen-bond acceptors (Lipinski definition) is 1. The van der Waals surface area contributed by atoms with Gasteiger partial charge in [0.25, 0.3) is 0 Å². The monoisotopic (exact) mass is 285 g/mol. The van der Waals surface area contributed by atoms with Crippen LogP contribution in [0.25, 0.3) is 0 Å². The first-order valence-corrected chi connectivity index (χ1v) is 7.56. The summed E-state index contributed by atoms with van der Waals surface area (Å²) >= 11 is 12.3. The van der Waals surface area contributed by atoms with E-state index in [0.717, 1.165) is 17.9 Å². The maximum absolute atomic E-state index is 6.25. The van der Waals surface area contributed by atoms with Gasteiger partial charge in [0.15, 0.2) is 0 Å². The van der Waals surface area contributed by atoms with E-state index in [9.17, 15) is 0 Å². The molecule has 1 aromatic carbocycles. The fourth-order valence-electron chi connectivity index (χ4n) is 2.92. The lowest BCUT2D eigenvalue weighted by Crippen LogP contribution is -2.29. The molecule has 2 rings (SSSR count). The first-order chi connectivity index (χ1) is 8.70. The number of nitrogens with one attached hydrogen (secondary N) is 1. The quantitative estimate of drug-likeness (QED) is 0.827. The molecule has 1 fully saturated rings. The van der Waals surface area contributed by atoms with E-state index in [1.54, 1.807) is 0 Å². The van der Waals surface area contributed by atoms with E-state index in [1.807, 2.05) is 19.2 Å². The lowest BCUT2D eigenvalue weighted by molar-refractivity contribution is 0.403. The molecule has 1 saturated carbocycles. The minimum absolute atomic E-state index is 0.504. The van der Waals surface area contributed by atoms with Crippen LogP contribution in [0.1, 0.15) is 37.7 Å². The van der Waals surface area contributed by atoms with Gasteiger partial charge in [0.2, 0.25) is 0 Å². The normalized spacial score (nSPS) is 18.2. The Bertz CT molecular complexity index is 386. The van der Waals surface area contributed by atoms with E-state index in [2.05, 4.69) is 11.4 Å². The number of benzene rings is 1. The second-order valence-electron chi connectivity index (χ2n) is 5.29. The van der Waals surface area contributed by atoms with Crippen molar-refractivity contribution >= 4 is 23.2 Å². The van der Waals surface area contributed by atoms with Crippen LogP contribution in [-0.2, 0) is 6.42 Å². The summed E-state index contributed by atoms with van der Waals surface area (Å²) in [6.45, 7) is 0. The minimum Gasteiger partial charge on any atom is -0.317 e. The van der Waals surface area contributed by atoms with Crippen molar-refractivity contribution in [3.8, 4) is 0 Å². The highest BCUT2D eigenvalue weighted by Gasteiger charge is 2.20. The predicted molar refractivity (Wildman–Crippen MR) is 79.6 cm³/mol. The van der Waals surface area contributed by atoms with Gasteiger partial charge in [0, 0.05) is 6.04 Å². The van der Waals surface area contributed by atoms with Crippen LogP contribution in [0.2, 0.25) is 10.0 Å². The van der Waals surface area contributed by atoms with Gasteiger partial charge in [0.1, 0.15) is 0 Å². The third-order valence-electron chi connectivity index (χ3n) is 4.00. The van der Waals surface area contributed by atoms with Gasteiger partial charge in [-0.25, -0.2) is 0 Å². The SMILES string of the molecule is CNC(Cc1cccc(Cl)c1Cl)CC1CCCC1. The maximum Gasteiger partial charge on any atom is 0.0624 e. The van der Waals surface area contributed by atoms with Crippen molar-refractivity contribution in [1.82, 2.24) is 5.32 Å². The summed E-state index contributed by atoms with van der Waals surface area (Å²) in [6.07, 6.45) is 7.80. The van der Waals surface area contributed by atoms with Crippen LogP contribution in [-0.4, -0.2) is 13.1 Å². The van der Waals surface area contributed by atoms with Gasteiger partial charge in [-0.15, -0.1) is 0 Å². The molecule has 1 nitrogen and oxygen atoms in total. The first-order valence-electron chi connectivity index (χ1n) is 6.81. The average molecular weight is 286 g/mol. The van der Waals surface area contributed by atoms with Crippen molar-refractivity contribution in [2.75, 3.05) is 7.05 Å². The van der Waals surface area contributed by atoms with E-state index in [4.69, 9.17) is 23.2 Å². The smallest absolute Gasteiger partial charge is 0.0624 e. The summed E-state index contributed by atoms with van der Waals surface area (Å²) in [5.41, 5.74) is 1.15.